The van der Waals surface area contributed by atoms with Crippen LogP contribution in [0.5, 0.6) is 11.5 Å². The first-order chi connectivity index (χ1) is 11.0. The van der Waals surface area contributed by atoms with Gasteiger partial charge in [-0.05, 0) is 48.9 Å². The fourth-order valence-corrected chi connectivity index (χ4v) is 3.67. The molecule has 1 aliphatic rings. The molecule has 0 saturated heterocycles. The van der Waals surface area contributed by atoms with Crippen molar-refractivity contribution in [3.63, 3.8) is 0 Å². The van der Waals surface area contributed by atoms with Crippen LogP contribution in [0.4, 0.5) is 0 Å². The predicted octanol–water partition coefficient (Wildman–Crippen LogP) is 3.15. The summed E-state index contributed by atoms with van der Waals surface area (Å²) in [6, 6.07) is 11.0. The molecule has 0 amide bonds. The molecule has 3 rings (SSSR count). The van der Waals surface area contributed by atoms with Gasteiger partial charge in [0.25, 0.3) is 0 Å². The SMILES string of the molecule is C[C@@H](NS(=O)(=O)c1ccc(Cl)cc1)c1ccc2c(c1)OCCO2. The van der Waals surface area contributed by atoms with Gasteiger partial charge >= 0.3 is 0 Å². The van der Waals surface area contributed by atoms with Gasteiger partial charge in [0.15, 0.2) is 11.5 Å². The van der Waals surface area contributed by atoms with E-state index < -0.39 is 16.1 Å². The van der Waals surface area contributed by atoms with Crippen LogP contribution in [0.25, 0.3) is 0 Å². The summed E-state index contributed by atoms with van der Waals surface area (Å²) in [6.45, 7) is 2.78. The number of rotatable bonds is 4. The lowest BCUT2D eigenvalue weighted by Gasteiger charge is -2.21. The van der Waals surface area contributed by atoms with E-state index in [1.807, 2.05) is 6.07 Å². The van der Waals surface area contributed by atoms with Crippen LogP contribution in [0.2, 0.25) is 5.02 Å². The summed E-state index contributed by atoms with van der Waals surface area (Å²) in [5, 5.41) is 0.490. The zero-order valence-corrected chi connectivity index (χ0v) is 14.0. The van der Waals surface area contributed by atoms with Gasteiger partial charge in [0.2, 0.25) is 10.0 Å². The molecule has 1 N–H and O–H groups in total. The molecular weight excluding hydrogens is 338 g/mol. The van der Waals surface area contributed by atoms with Crippen LogP contribution in [0.3, 0.4) is 0 Å². The molecule has 5 nitrogen and oxygen atoms in total. The number of hydrogen-bond acceptors (Lipinski definition) is 4. The molecule has 0 radical (unpaired) electrons. The van der Waals surface area contributed by atoms with E-state index in [4.69, 9.17) is 21.1 Å². The molecule has 0 bridgehead atoms. The Balaban J connectivity index is 1.80. The third kappa shape index (κ3) is 3.60. The molecule has 122 valence electrons. The zero-order chi connectivity index (χ0) is 16.4. The summed E-state index contributed by atoms with van der Waals surface area (Å²) in [7, 11) is -3.63. The monoisotopic (exact) mass is 353 g/mol. The smallest absolute Gasteiger partial charge is 0.241 e. The van der Waals surface area contributed by atoms with Crippen molar-refractivity contribution >= 4 is 21.6 Å². The molecule has 0 saturated carbocycles. The number of benzene rings is 2. The second-order valence-electron chi connectivity index (χ2n) is 5.20. The van der Waals surface area contributed by atoms with E-state index in [1.165, 1.54) is 12.1 Å². The van der Waals surface area contributed by atoms with Crippen molar-refractivity contribution in [3.8, 4) is 11.5 Å². The number of halogens is 1. The highest BCUT2D eigenvalue weighted by Crippen LogP contribution is 2.32. The van der Waals surface area contributed by atoms with Gasteiger partial charge in [-0.1, -0.05) is 17.7 Å². The fourth-order valence-electron chi connectivity index (χ4n) is 2.31. The second-order valence-corrected chi connectivity index (χ2v) is 7.35. The molecule has 1 heterocycles. The summed E-state index contributed by atoms with van der Waals surface area (Å²) >= 11 is 5.79. The molecule has 2 aromatic rings. The Morgan fingerprint density at radius 1 is 1.04 bits per heavy atom. The van der Waals surface area contributed by atoms with Crippen LogP contribution >= 0.6 is 11.6 Å². The van der Waals surface area contributed by atoms with E-state index >= 15 is 0 Å². The largest absolute Gasteiger partial charge is 0.486 e. The Bertz CT molecular complexity index is 805. The lowest BCUT2D eigenvalue weighted by atomic mass is 10.1. The number of fused-ring (bicyclic) bond motifs is 1. The number of ether oxygens (including phenoxy) is 2. The van der Waals surface area contributed by atoms with Crippen molar-refractivity contribution in [2.75, 3.05) is 13.2 Å². The van der Waals surface area contributed by atoms with Gasteiger partial charge in [-0.15, -0.1) is 0 Å². The number of nitrogens with one attached hydrogen (secondary N) is 1. The van der Waals surface area contributed by atoms with Crippen LogP contribution in [-0.2, 0) is 10.0 Å². The highest BCUT2D eigenvalue weighted by atomic mass is 35.5. The first-order valence-corrected chi connectivity index (χ1v) is 8.99. The number of sulfonamides is 1. The van der Waals surface area contributed by atoms with Crippen molar-refractivity contribution < 1.29 is 17.9 Å². The first kappa shape index (κ1) is 16.1. The Morgan fingerprint density at radius 2 is 1.70 bits per heavy atom. The van der Waals surface area contributed by atoms with Crippen LogP contribution in [0.15, 0.2) is 47.4 Å². The topological polar surface area (TPSA) is 64.6 Å². The summed E-state index contributed by atoms with van der Waals surface area (Å²) in [5.74, 6) is 1.30. The molecule has 1 aliphatic heterocycles. The van der Waals surface area contributed by atoms with Gasteiger partial charge in [0.05, 0.1) is 4.90 Å². The predicted molar refractivity (Wildman–Crippen MR) is 87.6 cm³/mol. The average Bonchev–Trinajstić information content (AvgIpc) is 2.54. The van der Waals surface area contributed by atoms with Crippen LogP contribution < -0.4 is 14.2 Å². The minimum atomic E-state index is -3.63. The Labute approximate surface area is 140 Å². The van der Waals surface area contributed by atoms with E-state index in [-0.39, 0.29) is 4.90 Å². The summed E-state index contributed by atoms with van der Waals surface area (Å²) in [6.07, 6.45) is 0. The lowest BCUT2D eigenvalue weighted by molar-refractivity contribution is 0.171. The van der Waals surface area contributed by atoms with Gasteiger partial charge in [-0.2, -0.15) is 0 Å². The Morgan fingerprint density at radius 3 is 2.39 bits per heavy atom. The maximum atomic E-state index is 12.4. The number of hydrogen-bond donors (Lipinski definition) is 1. The maximum Gasteiger partial charge on any atom is 0.241 e. The Kier molecular flexibility index (Phi) is 4.48. The van der Waals surface area contributed by atoms with Gasteiger partial charge in [-0.25, -0.2) is 13.1 Å². The van der Waals surface area contributed by atoms with Crippen LogP contribution in [-0.4, -0.2) is 21.6 Å². The van der Waals surface area contributed by atoms with Crippen molar-refractivity contribution in [2.45, 2.75) is 17.9 Å². The molecule has 2 aromatic carbocycles. The molecular formula is C16H16ClNO4S. The molecule has 0 aromatic heterocycles. The van der Waals surface area contributed by atoms with E-state index in [2.05, 4.69) is 4.72 Å². The van der Waals surface area contributed by atoms with Gasteiger partial charge in [-0.3, -0.25) is 0 Å². The maximum absolute atomic E-state index is 12.4. The molecule has 0 fully saturated rings. The van der Waals surface area contributed by atoms with Crippen molar-refractivity contribution in [1.29, 1.82) is 0 Å². The minimum Gasteiger partial charge on any atom is -0.486 e. The summed E-state index contributed by atoms with van der Waals surface area (Å²) in [5.41, 5.74) is 0.798. The van der Waals surface area contributed by atoms with Crippen molar-refractivity contribution in [3.05, 3.63) is 53.1 Å². The van der Waals surface area contributed by atoms with Crippen molar-refractivity contribution in [2.24, 2.45) is 0 Å². The van der Waals surface area contributed by atoms with E-state index in [9.17, 15) is 8.42 Å². The zero-order valence-electron chi connectivity index (χ0n) is 12.5. The molecule has 0 unspecified atom stereocenters. The highest BCUT2D eigenvalue weighted by molar-refractivity contribution is 7.89. The minimum absolute atomic E-state index is 0.172. The molecule has 7 heteroatoms. The van der Waals surface area contributed by atoms with Gasteiger partial charge in [0.1, 0.15) is 13.2 Å². The molecule has 23 heavy (non-hydrogen) atoms. The third-order valence-corrected chi connectivity index (χ3v) is 5.33. The third-order valence-electron chi connectivity index (χ3n) is 3.52. The summed E-state index contributed by atoms with van der Waals surface area (Å²) in [4.78, 5) is 0.172. The molecule has 1 atom stereocenters. The Hall–Kier alpha value is -1.76. The first-order valence-electron chi connectivity index (χ1n) is 7.13. The van der Waals surface area contributed by atoms with Gasteiger partial charge in [0, 0.05) is 11.1 Å². The lowest BCUT2D eigenvalue weighted by Crippen LogP contribution is -2.27. The highest BCUT2D eigenvalue weighted by Gasteiger charge is 2.20. The van der Waals surface area contributed by atoms with Crippen molar-refractivity contribution in [1.82, 2.24) is 4.72 Å². The fraction of sp³-hybridized carbons (Fsp3) is 0.250. The second kappa shape index (κ2) is 6.39. The van der Waals surface area contributed by atoms with E-state index in [0.717, 1.165) is 5.56 Å². The molecule has 0 aliphatic carbocycles. The normalized spacial score (nSPS) is 15.2. The van der Waals surface area contributed by atoms with Gasteiger partial charge < -0.3 is 9.47 Å². The summed E-state index contributed by atoms with van der Waals surface area (Å²) < 4.78 is 38.4. The average molecular weight is 354 g/mol. The quantitative estimate of drug-likeness (QED) is 0.917. The van der Waals surface area contributed by atoms with Crippen LogP contribution in [0, 0.1) is 0 Å². The van der Waals surface area contributed by atoms with Crippen LogP contribution in [0.1, 0.15) is 18.5 Å². The van der Waals surface area contributed by atoms with E-state index in [0.29, 0.717) is 29.7 Å². The standard InChI is InChI=1S/C16H16ClNO4S/c1-11(12-2-7-15-16(10-12)22-9-8-21-15)18-23(19,20)14-5-3-13(17)4-6-14/h2-7,10-11,18H,8-9H2,1H3/t11-/m1/s1. The van der Waals surface area contributed by atoms with E-state index in [1.54, 1.807) is 31.2 Å². The molecule has 0 spiro atoms.